The average Bonchev–Trinajstić information content (AvgIpc) is 2.98. The molecule has 5 heteroatoms. The number of aliphatic hydroxyl groups is 1. The number of amides is 1. The predicted octanol–water partition coefficient (Wildman–Crippen LogP) is 4.32. The molecule has 1 aliphatic heterocycles. The number of benzene rings is 3. The zero-order valence-corrected chi connectivity index (χ0v) is 17.9. The number of para-hydroxylation sites is 1. The van der Waals surface area contributed by atoms with Crippen LogP contribution in [0.4, 0.5) is 5.69 Å². The lowest BCUT2D eigenvalue weighted by atomic mass is 9.88. The van der Waals surface area contributed by atoms with Crippen LogP contribution < -0.4 is 9.64 Å². The van der Waals surface area contributed by atoms with Crippen LogP contribution in [-0.2, 0) is 16.9 Å². The van der Waals surface area contributed by atoms with E-state index in [4.69, 9.17) is 4.74 Å². The van der Waals surface area contributed by atoms with Gasteiger partial charge in [-0.1, -0.05) is 42.0 Å². The Hall–Kier alpha value is -3.44. The predicted molar refractivity (Wildman–Crippen MR) is 119 cm³/mol. The van der Waals surface area contributed by atoms with E-state index >= 15 is 0 Å². The van der Waals surface area contributed by atoms with Crippen LogP contribution in [0.3, 0.4) is 0 Å². The molecule has 0 saturated heterocycles. The highest BCUT2D eigenvalue weighted by molar-refractivity contribution is 6.10. The maximum Gasteiger partial charge on any atom is 0.264 e. The molecule has 1 aliphatic rings. The normalized spacial score (nSPS) is 17.5. The Morgan fingerprint density at radius 3 is 2.45 bits per heavy atom. The maximum atomic E-state index is 13.5. The summed E-state index contributed by atoms with van der Waals surface area (Å²) < 4.78 is 5.13. The molecule has 1 atom stereocenters. The molecule has 0 aliphatic carbocycles. The molecule has 1 amide bonds. The van der Waals surface area contributed by atoms with E-state index in [1.54, 1.807) is 48.4 Å². The molecule has 0 saturated carbocycles. The van der Waals surface area contributed by atoms with Gasteiger partial charge >= 0.3 is 0 Å². The molecule has 3 aromatic rings. The highest BCUT2D eigenvalue weighted by Crippen LogP contribution is 2.43. The minimum Gasteiger partial charge on any atom is -0.497 e. The number of anilines is 1. The molecule has 158 valence electrons. The van der Waals surface area contributed by atoms with Crippen LogP contribution in [0.25, 0.3) is 0 Å². The fourth-order valence-electron chi connectivity index (χ4n) is 4.09. The standard InChI is InChI=1S/C26H25NO4/c1-17-8-9-18(2)20(14-17)16-27-23-7-5-4-6-22(23)26(30,25(27)29)15-24(28)19-10-12-21(31-3)13-11-19/h4-14,30H,15-16H2,1-3H3/t26-/m0/s1. The third kappa shape index (κ3) is 3.73. The summed E-state index contributed by atoms with van der Waals surface area (Å²) in [7, 11) is 1.55. The van der Waals surface area contributed by atoms with Crippen molar-refractivity contribution in [3.05, 3.63) is 94.5 Å². The third-order valence-electron chi connectivity index (χ3n) is 5.90. The molecule has 0 unspecified atom stereocenters. The molecule has 0 aromatic heterocycles. The first-order valence-corrected chi connectivity index (χ1v) is 10.2. The number of carbonyl (C=O) groups is 2. The summed E-state index contributed by atoms with van der Waals surface area (Å²) in [5, 5.41) is 11.5. The lowest BCUT2D eigenvalue weighted by Gasteiger charge is -2.23. The van der Waals surface area contributed by atoms with Gasteiger partial charge in [0.15, 0.2) is 11.4 Å². The van der Waals surface area contributed by atoms with Crippen LogP contribution in [0, 0.1) is 13.8 Å². The summed E-state index contributed by atoms with van der Waals surface area (Å²) in [6, 6.07) is 19.9. The van der Waals surface area contributed by atoms with Gasteiger partial charge in [0.05, 0.1) is 25.8 Å². The molecular formula is C26H25NO4. The molecule has 0 bridgehead atoms. The van der Waals surface area contributed by atoms with Crippen molar-refractivity contribution in [3.63, 3.8) is 0 Å². The van der Waals surface area contributed by atoms with E-state index in [1.807, 2.05) is 44.2 Å². The van der Waals surface area contributed by atoms with Crippen LogP contribution in [0.5, 0.6) is 5.75 Å². The quantitative estimate of drug-likeness (QED) is 0.609. The van der Waals surface area contributed by atoms with E-state index in [1.165, 1.54) is 0 Å². The van der Waals surface area contributed by atoms with E-state index < -0.39 is 11.5 Å². The second-order valence-electron chi connectivity index (χ2n) is 8.03. The van der Waals surface area contributed by atoms with E-state index in [-0.39, 0.29) is 12.2 Å². The van der Waals surface area contributed by atoms with Crippen molar-refractivity contribution in [1.82, 2.24) is 0 Å². The number of ketones is 1. The molecule has 1 N–H and O–H groups in total. The zero-order valence-electron chi connectivity index (χ0n) is 17.9. The van der Waals surface area contributed by atoms with Gasteiger partial charge in [0.25, 0.3) is 5.91 Å². The lowest BCUT2D eigenvalue weighted by Crippen LogP contribution is -2.41. The maximum absolute atomic E-state index is 13.5. The number of ether oxygens (including phenoxy) is 1. The fourth-order valence-corrected chi connectivity index (χ4v) is 4.09. The Morgan fingerprint density at radius 1 is 1.03 bits per heavy atom. The van der Waals surface area contributed by atoms with Crippen LogP contribution in [0.2, 0.25) is 0 Å². The average molecular weight is 415 g/mol. The lowest BCUT2D eigenvalue weighted by molar-refractivity contribution is -0.136. The second-order valence-corrected chi connectivity index (χ2v) is 8.03. The smallest absolute Gasteiger partial charge is 0.264 e. The largest absolute Gasteiger partial charge is 0.497 e. The Balaban J connectivity index is 1.67. The molecule has 0 radical (unpaired) electrons. The Morgan fingerprint density at radius 2 is 1.74 bits per heavy atom. The number of hydrogen-bond donors (Lipinski definition) is 1. The van der Waals surface area contributed by atoms with Crippen LogP contribution >= 0.6 is 0 Å². The summed E-state index contributed by atoms with van der Waals surface area (Å²) in [5.74, 6) is -0.143. The second kappa shape index (κ2) is 8.00. The summed E-state index contributed by atoms with van der Waals surface area (Å²) in [4.78, 5) is 28.0. The van der Waals surface area contributed by atoms with Crippen molar-refractivity contribution in [2.45, 2.75) is 32.4 Å². The van der Waals surface area contributed by atoms with Crippen LogP contribution in [-0.4, -0.2) is 23.9 Å². The van der Waals surface area contributed by atoms with Crippen molar-refractivity contribution in [2.75, 3.05) is 12.0 Å². The molecule has 5 nitrogen and oxygen atoms in total. The highest BCUT2D eigenvalue weighted by Gasteiger charge is 2.50. The molecule has 0 fully saturated rings. The minimum absolute atomic E-state index is 0.304. The number of aryl methyl sites for hydroxylation is 2. The number of hydrogen-bond acceptors (Lipinski definition) is 4. The van der Waals surface area contributed by atoms with Gasteiger partial charge in [0.2, 0.25) is 0 Å². The van der Waals surface area contributed by atoms with Gasteiger partial charge in [0, 0.05) is 11.1 Å². The number of methoxy groups -OCH3 is 1. The number of nitrogens with zero attached hydrogens (tertiary/aromatic N) is 1. The van der Waals surface area contributed by atoms with Gasteiger partial charge in [-0.2, -0.15) is 0 Å². The molecular weight excluding hydrogens is 390 g/mol. The summed E-state index contributed by atoms with van der Waals surface area (Å²) in [5.41, 5.74) is 2.81. The first-order chi connectivity index (χ1) is 14.8. The fraction of sp³-hybridized carbons (Fsp3) is 0.231. The summed E-state index contributed by atoms with van der Waals surface area (Å²) in [6.45, 7) is 4.34. The Bertz CT molecular complexity index is 1150. The van der Waals surface area contributed by atoms with Gasteiger partial charge in [-0.05, 0) is 55.3 Å². The molecule has 4 rings (SSSR count). The van der Waals surface area contributed by atoms with E-state index in [2.05, 4.69) is 0 Å². The first kappa shape index (κ1) is 20.8. The highest BCUT2D eigenvalue weighted by atomic mass is 16.5. The van der Waals surface area contributed by atoms with Gasteiger partial charge in [-0.15, -0.1) is 0 Å². The van der Waals surface area contributed by atoms with Crippen molar-refractivity contribution in [1.29, 1.82) is 0 Å². The SMILES string of the molecule is COc1ccc(C(=O)C[C@@]2(O)C(=O)N(Cc3cc(C)ccc3C)c3ccccc32)cc1. The van der Waals surface area contributed by atoms with E-state index in [9.17, 15) is 14.7 Å². The molecule has 1 heterocycles. The van der Waals surface area contributed by atoms with Crippen molar-refractivity contribution >= 4 is 17.4 Å². The van der Waals surface area contributed by atoms with Crippen LogP contribution in [0.1, 0.15) is 39.0 Å². The topological polar surface area (TPSA) is 66.8 Å². The third-order valence-corrected chi connectivity index (χ3v) is 5.90. The number of rotatable bonds is 6. The Labute approximate surface area is 181 Å². The van der Waals surface area contributed by atoms with Crippen LogP contribution in [0.15, 0.2) is 66.7 Å². The summed E-state index contributed by atoms with van der Waals surface area (Å²) >= 11 is 0. The minimum atomic E-state index is -1.90. The van der Waals surface area contributed by atoms with E-state index in [0.717, 1.165) is 16.7 Å². The van der Waals surface area contributed by atoms with Gasteiger partial charge in [-0.3, -0.25) is 9.59 Å². The first-order valence-electron chi connectivity index (χ1n) is 10.2. The van der Waals surface area contributed by atoms with E-state index in [0.29, 0.717) is 29.1 Å². The van der Waals surface area contributed by atoms with Gasteiger partial charge in [0.1, 0.15) is 5.75 Å². The molecule has 3 aromatic carbocycles. The Kier molecular flexibility index (Phi) is 5.38. The zero-order chi connectivity index (χ0) is 22.2. The molecule has 0 spiro atoms. The van der Waals surface area contributed by atoms with Crippen molar-refractivity contribution in [3.8, 4) is 5.75 Å². The van der Waals surface area contributed by atoms with Gasteiger partial charge < -0.3 is 14.7 Å². The van der Waals surface area contributed by atoms with Gasteiger partial charge in [-0.25, -0.2) is 0 Å². The number of Topliss-reactive ketones (excluding diaryl/α,β-unsaturated/α-hetero) is 1. The molecule has 31 heavy (non-hydrogen) atoms. The van der Waals surface area contributed by atoms with Crippen molar-refractivity contribution < 1.29 is 19.4 Å². The number of carbonyl (C=O) groups excluding carboxylic acids is 2. The van der Waals surface area contributed by atoms with Crippen molar-refractivity contribution in [2.24, 2.45) is 0 Å². The number of fused-ring (bicyclic) bond motifs is 1. The summed E-state index contributed by atoms with van der Waals surface area (Å²) in [6.07, 6.45) is -0.321. The monoisotopic (exact) mass is 415 g/mol.